The van der Waals surface area contributed by atoms with Crippen LogP contribution in [0.25, 0.3) is 98.4 Å². The first-order valence-electron chi connectivity index (χ1n) is 20.0. The maximum Gasteiger partial charge on any atom is 0.0732 e. The predicted molar refractivity (Wildman–Crippen MR) is 241 cm³/mol. The van der Waals surface area contributed by atoms with Gasteiger partial charge in [0, 0.05) is 0 Å². The number of hydrogen-bond donors (Lipinski definition) is 0. The Labute approximate surface area is 330 Å². The van der Waals surface area contributed by atoms with Crippen molar-refractivity contribution in [3.8, 4) is 44.5 Å². The zero-order valence-electron chi connectivity index (χ0n) is 31.1. The Bertz CT molecular complexity index is 3460. The maximum atomic E-state index is 2.57. The van der Waals surface area contributed by atoms with Crippen molar-refractivity contribution in [2.24, 2.45) is 0 Å². The van der Waals surface area contributed by atoms with Crippen LogP contribution in [0.3, 0.4) is 0 Å². The number of fused-ring (bicyclic) bond motifs is 19. The molecule has 0 amide bonds. The summed E-state index contributed by atoms with van der Waals surface area (Å²) >= 11 is 0. The van der Waals surface area contributed by atoms with E-state index >= 15 is 0 Å². The Kier molecular flexibility index (Phi) is 6.19. The fraction of sp³-hybridized carbons (Fsp3) is 0.0175. The summed E-state index contributed by atoms with van der Waals surface area (Å²) in [7, 11) is 0. The van der Waals surface area contributed by atoms with Crippen LogP contribution in [0.15, 0.2) is 206 Å². The van der Waals surface area contributed by atoms with Crippen LogP contribution in [-0.4, -0.2) is 0 Å². The summed E-state index contributed by atoms with van der Waals surface area (Å²) < 4.78 is 0. The van der Waals surface area contributed by atoms with Gasteiger partial charge in [-0.3, -0.25) is 0 Å². The lowest BCUT2D eigenvalue weighted by Crippen LogP contribution is -2.26. The number of benzene rings is 11. The topological polar surface area (TPSA) is 0 Å². The predicted octanol–water partition coefficient (Wildman–Crippen LogP) is 15.1. The van der Waals surface area contributed by atoms with E-state index in [-0.39, 0.29) is 0 Å². The molecule has 0 saturated heterocycles. The third-order valence-electron chi connectivity index (χ3n) is 13.2. The highest BCUT2D eigenvalue weighted by Gasteiger charge is 2.53. The molecule has 0 heterocycles. The van der Waals surface area contributed by atoms with Crippen molar-refractivity contribution in [1.82, 2.24) is 0 Å². The molecule has 0 fully saturated rings. The molecule has 0 bridgehead atoms. The molecule has 0 heteroatoms. The Morgan fingerprint density at radius 3 is 1.54 bits per heavy atom. The average molecular weight is 719 g/mol. The third-order valence-corrected chi connectivity index (χ3v) is 13.2. The van der Waals surface area contributed by atoms with Gasteiger partial charge in [-0.05, 0) is 139 Å². The molecule has 2 aliphatic carbocycles. The van der Waals surface area contributed by atoms with Gasteiger partial charge in [-0.15, -0.1) is 0 Å². The Morgan fingerprint density at radius 2 is 0.807 bits per heavy atom. The van der Waals surface area contributed by atoms with E-state index in [4.69, 9.17) is 0 Å². The highest BCUT2D eigenvalue weighted by atomic mass is 14.5. The van der Waals surface area contributed by atoms with E-state index in [1.54, 1.807) is 0 Å². The van der Waals surface area contributed by atoms with E-state index in [1.165, 1.54) is 121 Å². The van der Waals surface area contributed by atoms with Crippen LogP contribution in [0.1, 0.15) is 22.3 Å². The first kappa shape index (κ1) is 31.0. The van der Waals surface area contributed by atoms with Gasteiger partial charge in [-0.2, -0.15) is 0 Å². The lowest BCUT2D eigenvalue weighted by atomic mass is 9.68. The molecule has 0 radical (unpaired) electrons. The molecule has 11 aromatic rings. The van der Waals surface area contributed by atoms with Crippen LogP contribution < -0.4 is 0 Å². The molecule has 11 aromatic carbocycles. The Morgan fingerprint density at radius 1 is 0.263 bits per heavy atom. The molecule has 262 valence electrons. The first-order chi connectivity index (χ1) is 28.3. The van der Waals surface area contributed by atoms with Crippen molar-refractivity contribution in [1.29, 1.82) is 0 Å². The van der Waals surface area contributed by atoms with Crippen molar-refractivity contribution >= 4 is 53.9 Å². The van der Waals surface area contributed by atoms with Gasteiger partial charge < -0.3 is 0 Å². The fourth-order valence-electron chi connectivity index (χ4n) is 11.0. The monoisotopic (exact) mass is 718 g/mol. The van der Waals surface area contributed by atoms with Crippen LogP contribution in [0.4, 0.5) is 0 Å². The standard InChI is InChI=1S/C57H34/c1-2-16-35(17-3-1)48-34-49-42-23-9-11-26-46(42)54-47-27-13-15-29-51(47)57(56(54)55(49)45-25-10-8-22-41(45)48)50-28-14-12-24-43(50)44-31-30-38(33-52(44)57)53-39-20-6-4-18-36(39)32-37-19-5-7-21-40(37)53/h1-34H. The van der Waals surface area contributed by atoms with Gasteiger partial charge in [0.25, 0.3) is 0 Å². The van der Waals surface area contributed by atoms with Crippen molar-refractivity contribution in [3.63, 3.8) is 0 Å². The quantitative estimate of drug-likeness (QED) is 0.123. The second-order valence-corrected chi connectivity index (χ2v) is 15.8. The van der Waals surface area contributed by atoms with E-state index in [1.807, 2.05) is 0 Å². The van der Waals surface area contributed by atoms with Crippen molar-refractivity contribution in [2.75, 3.05) is 0 Å². The molecule has 57 heavy (non-hydrogen) atoms. The zero-order chi connectivity index (χ0) is 37.2. The minimum Gasteiger partial charge on any atom is -0.0622 e. The summed E-state index contributed by atoms with van der Waals surface area (Å²) in [6.07, 6.45) is 0. The molecule has 0 saturated carbocycles. The number of rotatable bonds is 2. The van der Waals surface area contributed by atoms with Crippen molar-refractivity contribution in [2.45, 2.75) is 5.41 Å². The van der Waals surface area contributed by atoms with E-state index in [2.05, 4.69) is 206 Å². The van der Waals surface area contributed by atoms with Crippen LogP contribution in [0.5, 0.6) is 0 Å². The van der Waals surface area contributed by atoms with Gasteiger partial charge in [0.1, 0.15) is 0 Å². The smallest absolute Gasteiger partial charge is 0.0622 e. The first-order valence-corrected chi connectivity index (χ1v) is 20.0. The van der Waals surface area contributed by atoms with Crippen LogP contribution in [0, 0.1) is 0 Å². The summed E-state index contributed by atoms with van der Waals surface area (Å²) in [5.74, 6) is 0. The lowest BCUT2D eigenvalue weighted by Gasteiger charge is -2.32. The summed E-state index contributed by atoms with van der Waals surface area (Å²) in [4.78, 5) is 0. The van der Waals surface area contributed by atoms with Gasteiger partial charge in [0.2, 0.25) is 0 Å². The van der Waals surface area contributed by atoms with E-state index in [0.717, 1.165) is 0 Å². The third kappa shape index (κ3) is 3.97. The van der Waals surface area contributed by atoms with Crippen LogP contribution >= 0.6 is 0 Å². The van der Waals surface area contributed by atoms with Gasteiger partial charge in [0.05, 0.1) is 5.41 Å². The molecule has 1 atom stereocenters. The van der Waals surface area contributed by atoms with Gasteiger partial charge in [-0.25, -0.2) is 0 Å². The van der Waals surface area contributed by atoms with Gasteiger partial charge >= 0.3 is 0 Å². The van der Waals surface area contributed by atoms with Gasteiger partial charge in [0.15, 0.2) is 0 Å². The maximum absolute atomic E-state index is 2.57. The molecule has 1 unspecified atom stereocenters. The van der Waals surface area contributed by atoms with E-state index < -0.39 is 5.41 Å². The summed E-state index contributed by atoms with van der Waals surface area (Å²) in [6.45, 7) is 0. The zero-order valence-corrected chi connectivity index (χ0v) is 31.1. The highest BCUT2D eigenvalue weighted by molar-refractivity contribution is 6.28. The number of hydrogen-bond acceptors (Lipinski definition) is 0. The largest absolute Gasteiger partial charge is 0.0732 e. The second-order valence-electron chi connectivity index (χ2n) is 15.8. The SMILES string of the molecule is c1ccc(-c2cc3c4ccccc4c4c(c3c3ccccc23)C2(c3ccccc3-c3ccc(-c5c6ccccc6cc6ccccc56)cc32)c2ccccc2-4)cc1. The Hall–Kier alpha value is -7.28. The van der Waals surface area contributed by atoms with Crippen molar-refractivity contribution < 1.29 is 0 Å². The van der Waals surface area contributed by atoms with E-state index in [0.29, 0.717) is 0 Å². The molecule has 0 aromatic heterocycles. The molecule has 0 N–H and O–H groups in total. The van der Waals surface area contributed by atoms with Crippen molar-refractivity contribution in [3.05, 3.63) is 229 Å². The summed E-state index contributed by atoms with van der Waals surface area (Å²) in [6, 6.07) is 77.7. The highest BCUT2D eigenvalue weighted by Crippen LogP contribution is 2.66. The average Bonchev–Trinajstić information content (AvgIpc) is 3.75. The fourth-order valence-corrected chi connectivity index (χ4v) is 11.0. The molecule has 2 aliphatic rings. The molecule has 0 nitrogen and oxygen atoms in total. The van der Waals surface area contributed by atoms with Gasteiger partial charge in [-0.1, -0.05) is 188 Å². The second kappa shape index (κ2) is 11.4. The molecule has 1 spiro atoms. The lowest BCUT2D eigenvalue weighted by molar-refractivity contribution is 0.802. The minimum atomic E-state index is -0.548. The van der Waals surface area contributed by atoms with E-state index in [9.17, 15) is 0 Å². The summed E-state index contributed by atoms with van der Waals surface area (Å²) in [5, 5.41) is 12.9. The van der Waals surface area contributed by atoms with Crippen LogP contribution in [0.2, 0.25) is 0 Å². The molecule has 13 rings (SSSR count). The molecular formula is C57H34. The molecule has 0 aliphatic heterocycles. The van der Waals surface area contributed by atoms with Crippen LogP contribution in [-0.2, 0) is 5.41 Å². The minimum absolute atomic E-state index is 0.548. The molecular weight excluding hydrogens is 685 g/mol. The Balaban J connectivity index is 1.25. The normalized spacial score (nSPS) is 15.1. The summed E-state index contributed by atoms with van der Waals surface area (Å²) in [5.41, 5.74) is 15.3.